The van der Waals surface area contributed by atoms with Gasteiger partial charge in [-0.25, -0.2) is 9.97 Å². The third kappa shape index (κ3) is 3.80. The molecule has 106 valence electrons. The summed E-state index contributed by atoms with van der Waals surface area (Å²) in [5.41, 5.74) is 1.78. The lowest BCUT2D eigenvalue weighted by Crippen LogP contribution is -2.22. The van der Waals surface area contributed by atoms with Crippen molar-refractivity contribution in [1.82, 2.24) is 15.1 Å². The number of anilines is 1. The number of hydrogen-bond donors (Lipinski definition) is 1. The van der Waals surface area contributed by atoms with Crippen LogP contribution in [0.4, 0.5) is 5.82 Å². The van der Waals surface area contributed by atoms with E-state index < -0.39 is 0 Å². The summed E-state index contributed by atoms with van der Waals surface area (Å²) < 4.78 is 4.90. The smallest absolute Gasteiger partial charge is 0.238 e. The van der Waals surface area contributed by atoms with Gasteiger partial charge in [-0.1, -0.05) is 16.9 Å². The van der Waals surface area contributed by atoms with Crippen LogP contribution in [0.25, 0.3) is 0 Å². The molecule has 0 radical (unpaired) electrons. The molecule has 1 unspecified atom stereocenters. The minimum Gasteiger partial charge on any atom is -0.360 e. The average molecular weight is 292 g/mol. The lowest BCUT2D eigenvalue weighted by molar-refractivity contribution is -0.115. The zero-order valence-electron chi connectivity index (χ0n) is 11.8. The second kappa shape index (κ2) is 6.04. The number of rotatable bonds is 4. The highest BCUT2D eigenvalue weighted by Gasteiger charge is 2.17. The van der Waals surface area contributed by atoms with Crippen molar-refractivity contribution >= 4 is 23.5 Å². The average Bonchev–Trinajstić information content (AvgIpc) is 2.73. The topological polar surface area (TPSA) is 80.9 Å². The molecule has 0 aliphatic carbocycles. The Balaban J connectivity index is 2.00. The normalized spacial score (nSPS) is 12.2. The summed E-state index contributed by atoms with van der Waals surface area (Å²) in [5.74, 6) is 0.908. The number of aromatic nitrogens is 3. The number of hydrogen-bond acceptors (Lipinski definition) is 6. The van der Waals surface area contributed by atoms with Crippen LogP contribution in [0.2, 0.25) is 0 Å². The van der Waals surface area contributed by atoms with Crippen LogP contribution in [0.15, 0.2) is 21.8 Å². The molecule has 0 aromatic carbocycles. The number of aryl methyl sites for hydroxylation is 3. The zero-order valence-corrected chi connectivity index (χ0v) is 12.6. The Bertz CT molecular complexity index is 606. The standard InChI is InChI=1S/C13H16N4O2S/c1-7-5-8(2)15-13(14-7)20-10(4)12(18)16-11-6-9(3)19-17-11/h5-6,10H,1-4H3,(H,16,17,18). The van der Waals surface area contributed by atoms with E-state index in [1.54, 1.807) is 19.9 Å². The molecule has 20 heavy (non-hydrogen) atoms. The molecule has 0 aliphatic rings. The van der Waals surface area contributed by atoms with Gasteiger partial charge in [0.1, 0.15) is 5.76 Å². The third-order valence-corrected chi connectivity index (χ3v) is 3.45. The quantitative estimate of drug-likeness (QED) is 0.689. The molecule has 1 atom stereocenters. The van der Waals surface area contributed by atoms with Gasteiger partial charge in [0.25, 0.3) is 0 Å². The maximum absolute atomic E-state index is 12.0. The second-order valence-corrected chi connectivity index (χ2v) is 5.81. The van der Waals surface area contributed by atoms with Crippen LogP contribution in [-0.4, -0.2) is 26.3 Å². The summed E-state index contributed by atoms with van der Waals surface area (Å²) >= 11 is 1.31. The summed E-state index contributed by atoms with van der Waals surface area (Å²) in [6.45, 7) is 7.38. The third-order valence-electron chi connectivity index (χ3n) is 2.49. The molecule has 2 aromatic heterocycles. The summed E-state index contributed by atoms with van der Waals surface area (Å²) in [6.07, 6.45) is 0. The number of nitrogens with zero attached hydrogens (tertiary/aromatic N) is 3. The summed E-state index contributed by atoms with van der Waals surface area (Å²) in [5, 5.41) is 6.69. The number of carbonyl (C=O) groups is 1. The summed E-state index contributed by atoms with van der Waals surface area (Å²) in [4.78, 5) is 20.6. The highest BCUT2D eigenvalue weighted by Crippen LogP contribution is 2.21. The molecular weight excluding hydrogens is 276 g/mol. The second-order valence-electron chi connectivity index (χ2n) is 4.51. The Hall–Kier alpha value is -1.89. The maximum atomic E-state index is 12.0. The predicted molar refractivity (Wildman–Crippen MR) is 76.7 cm³/mol. The Morgan fingerprint density at radius 2 is 1.90 bits per heavy atom. The van der Waals surface area contributed by atoms with E-state index in [0.717, 1.165) is 11.4 Å². The van der Waals surface area contributed by atoms with Gasteiger partial charge in [-0.05, 0) is 33.8 Å². The maximum Gasteiger partial charge on any atom is 0.238 e. The Morgan fingerprint density at radius 3 is 2.45 bits per heavy atom. The van der Waals surface area contributed by atoms with Crippen molar-refractivity contribution in [1.29, 1.82) is 0 Å². The van der Waals surface area contributed by atoms with Gasteiger partial charge in [0.05, 0.1) is 5.25 Å². The highest BCUT2D eigenvalue weighted by molar-refractivity contribution is 8.00. The summed E-state index contributed by atoms with van der Waals surface area (Å²) in [6, 6.07) is 3.57. The van der Waals surface area contributed by atoms with Gasteiger partial charge in [-0.2, -0.15) is 0 Å². The molecule has 0 bridgehead atoms. The van der Waals surface area contributed by atoms with Crippen LogP contribution >= 0.6 is 11.8 Å². The van der Waals surface area contributed by atoms with Crippen molar-refractivity contribution in [3.8, 4) is 0 Å². The van der Waals surface area contributed by atoms with Gasteiger partial charge < -0.3 is 9.84 Å². The van der Waals surface area contributed by atoms with E-state index in [4.69, 9.17) is 4.52 Å². The van der Waals surface area contributed by atoms with E-state index >= 15 is 0 Å². The monoisotopic (exact) mass is 292 g/mol. The first-order chi connectivity index (χ1) is 9.44. The van der Waals surface area contributed by atoms with E-state index in [2.05, 4.69) is 20.4 Å². The Kier molecular flexibility index (Phi) is 4.39. The molecule has 7 heteroatoms. The first-order valence-electron chi connectivity index (χ1n) is 6.17. The van der Waals surface area contributed by atoms with Crippen LogP contribution < -0.4 is 5.32 Å². The molecule has 0 fully saturated rings. The summed E-state index contributed by atoms with van der Waals surface area (Å²) in [7, 11) is 0. The lowest BCUT2D eigenvalue weighted by Gasteiger charge is -2.09. The van der Waals surface area contributed by atoms with Crippen LogP contribution in [-0.2, 0) is 4.79 Å². The first kappa shape index (κ1) is 14.5. The van der Waals surface area contributed by atoms with Crippen molar-refractivity contribution < 1.29 is 9.32 Å². The molecule has 0 spiro atoms. The molecule has 0 aliphatic heterocycles. The van der Waals surface area contributed by atoms with Crippen molar-refractivity contribution in [2.45, 2.75) is 38.1 Å². The molecule has 1 N–H and O–H groups in total. The van der Waals surface area contributed by atoms with E-state index in [1.807, 2.05) is 19.9 Å². The van der Waals surface area contributed by atoms with Gasteiger partial charge in [0, 0.05) is 17.5 Å². The predicted octanol–water partition coefficient (Wildman–Crippen LogP) is 2.51. The van der Waals surface area contributed by atoms with Gasteiger partial charge >= 0.3 is 0 Å². The zero-order chi connectivity index (χ0) is 14.7. The molecule has 2 heterocycles. The highest BCUT2D eigenvalue weighted by atomic mass is 32.2. The van der Waals surface area contributed by atoms with E-state index in [9.17, 15) is 4.79 Å². The molecule has 0 saturated heterocycles. The largest absolute Gasteiger partial charge is 0.360 e. The fourth-order valence-electron chi connectivity index (χ4n) is 1.61. The number of amides is 1. The number of carbonyl (C=O) groups excluding carboxylic acids is 1. The van der Waals surface area contributed by atoms with E-state index in [1.165, 1.54) is 11.8 Å². The van der Waals surface area contributed by atoms with E-state index in [0.29, 0.717) is 16.7 Å². The van der Waals surface area contributed by atoms with E-state index in [-0.39, 0.29) is 11.2 Å². The molecule has 2 rings (SSSR count). The Labute approximate surface area is 121 Å². The molecule has 2 aromatic rings. The van der Waals surface area contributed by atoms with Crippen molar-refractivity contribution in [2.75, 3.05) is 5.32 Å². The molecular formula is C13H16N4O2S. The molecule has 0 saturated carbocycles. The first-order valence-corrected chi connectivity index (χ1v) is 7.05. The van der Waals surface area contributed by atoms with Gasteiger partial charge in [-0.15, -0.1) is 0 Å². The number of nitrogens with one attached hydrogen (secondary N) is 1. The lowest BCUT2D eigenvalue weighted by atomic mass is 10.4. The van der Waals surface area contributed by atoms with Gasteiger partial charge in [-0.3, -0.25) is 4.79 Å². The van der Waals surface area contributed by atoms with Crippen molar-refractivity contribution in [2.24, 2.45) is 0 Å². The van der Waals surface area contributed by atoms with Crippen LogP contribution in [0.1, 0.15) is 24.1 Å². The SMILES string of the molecule is Cc1cc(C)nc(SC(C)C(=O)Nc2cc(C)on2)n1. The van der Waals surface area contributed by atoms with Gasteiger partial charge in [0.2, 0.25) is 5.91 Å². The van der Waals surface area contributed by atoms with Crippen molar-refractivity contribution in [3.63, 3.8) is 0 Å². The van der Waals surface area contributed by atoms with Crippen LogP contribution in [0.3, 0.4) is 0 Å². The minimum absolute atomic E-state index is 0.161. The van der Waals surface area contributed by atoms with Crippen LogP contribution in [0, 0.1) is 20.8 Å². The minimum atomic E-state index is -0.326. The fraction of sp³-hybridized carbons (Fsp3) is 0.385. The van der Waals surface area contributed by atoms with Crippen molar-refractivity contribution in [3.05, 3.63) is 29.3 Å². The molecule has 1 amide bonds. The van der Waals surface area contributed by atoms with Crippen LogP contribution in [0.5, 0.6) is 0 Å². The molecule has 6 nitrogen and oxygen atoms in total. The van der Waals surface area contributed by atoms with Gasteiger partial charge in [0.15, 0.2) is 11.0 Å². The fourth-order valence-corrected chi connectivity index (χ4v) is 2.49. The Morgan fingerprint density at radius 1 is 1.25 bits per heavy atom. The number of thioether (sulfide) groups is 1.